The Morgan fingerprint density at radius 2 is 0.750 bits per heavy atom. The van der Waals surface area contributed by atoms with Crippen molar-refractivity contribution in [1.82, 2.24) is 30.0 Å². The highest BCUT2D eigenvalue weighted by Crippen LogP contribution is 2.37. The van der Waals surface area contributed by atoms with Crippen molar-refractivity contribution in [3.05, 3.63) is 22.8 Å². The fourth-order valence-electron chi connectivity index (χ4n) is 2.51. The Morgan fingerprint density at radius 1 is 0.500 bits per heavy atom. The van der Waals surface area contributed by atoms with Crippen LogP contribution in [-0.4, -0.2) is 30.0 Å². The molecule has 2 rings (SSSR count). The van der Waals surface area contributed by atoms with E-state index in [1.54, 1.807) is 0 Å². The minimum Gasteiger partial charge on any atom is -0.243 e. The zero-order valence-corrected chi connectivity index (χ0v) is 20.7. The first-order valence-corrected chi connectivity index (χ1v) is 10.1. The second-order valence-corrected chi connectivity index (χ2v) is 11.0. The van der Waals surface area contributed by atoms with Crippen molar-refractivity contribution in [2.45, 2.75) is 108 Å². The summed E-state index contributed by atoms with van der Waals surface area (Å²) in [6.45, 7) is 30.3. The van der Waals surface area contributed by atoms with E-state index in [0.29, 0.717) is 0 Å². The molecule has 0 aromatic carbocycles. The molecule has 0 spiro atoms. The quantitative estimate of drug-likeness (QED) is 0.693. The third kappa shape index (κ3) is 4.47. The van der Waals surface area contributed by atoms with Crippen molar-refractivity contribution in [3.8, 4) is 0 Å². The molecule has 6 heteroatoms. The van der Waals surface area contributed by atoms with E-state index in [2.05, 4.69) is 104 Å². The Hall–Kier alpha value is -1.72. The summed E-state index contributed by atoms with van der Waals surface area (Å²) in [4.78, 5) is 0. The number of aryl methyl sites for hydroxylation is 2. The average Bonchev–Trinajstić information content (AvgIpc) is 3.02. The van der Waals surface area contributed by atoms with Gasteiger partial charge < -0.3 is 0 Å². The van der Waals surface area contributed by atoms with Crippen molar-refractivity contribution in [3.63, 3.8) is 0 Å². The third-order valence-electron chi connectivity index (χ3n) is 6.98. The van der Waals surface area contributed by atoms with Crippen LogP contribution in [0.4, 0.5) is 0 Å². The number of hydrogen-bond donors (Lipinski definition) is 0. The fourth-order valence-corrected chi connectivity index (χ4v) is 2.51. The molecule has 0 unspecified atom stereocenters. The molecule has 0 fully saturated rings. The van der Waals surface area contributed by atoms with Crippen LogP contribution >= 0.6 is 0 Å². The van der Waals surface area contributed by atoms with Gasteiger partial charge in [0.1, 0.15) is 0 Å². The summed E-state index contributed by atoms with van der Waals surface area (Å²) in [5, 5.41) is 16.7. The molecule has 6 nitrogen and oxygen atoms in total. The number of aromatic nitrogens is 6. The van der Waals surface area contributed by atoms with Gasteiger partial charge in [0, 0.05) is 0 Å². The predicted molar refractivity (Wildman–Crippen MR) is 117 cm³/mol. The van der Waals surface area contributed by atoms with E-state index in [0.717, 1.165) is 22.8 Å². The van der Waals surface area contributed by atoms with Crippen molar-refractivity contribution >= 4 is 0 Å². The van der Waals surface area contributed by atoms with Crippen LogP contribution in [0.25, 0.3) is 0 Å². The van der Waals surface area contributed by atoms with Crippen LogP contribution in [0.15, 0.2) is 0 Å². The van der Waals surface area contributed by atoms with Gasteiger partial charge in [-0.05, 0) is 66.2 Å². The van der Waals surface area contributed by atoms with Gasteiger partial charge in [-0.25, -0.2) is 9.36 Å². The second kappa shape index (κ2) is 7.60. The number of hydrogen-bond acceptors (Lipinski definition) is 4. The highest BCUT2D eigenvalue weighted by molar-refractivity contribution is 5.09. The van der Waals surface area contributed by atoms with Crippen molar-refractivity contribution in [1.29, 1.82) is 0 Å². The Labute approximate surface area is 172 Å². The van der Waals surface area contributed by atoms with Crippen LogP contribution in [0.5, 0.6) is 0 Å². The first-order chi connectivity index (χ1) is 12.4. The maximum absolute atomic E-state index is 4.22. The summed E-state index contributed by atoms with van der Waals surface area (Å²) in [5.41, 5.74) is 4.64. The normalized spacial score (nSPS) is 13.4. The van der Waals surface area contributed by atoms with Gasteiger partial charge in [-0.15, -0.1) is 10.2 Å². The van der Waals surface area contributed by atoms with Crippen LogP contribution in [0.3, 0.4) is 0 Å². The predicted octanol–water partition coefficient (Wildman–Crippen LogP) is 5.35. The molecule has 0 aliphatic heterocycles. The number of nitrogens with zero attached hydrogens (tertiary/aromatic N) is 6. The van der Waals surface area contributed by atoms with Gasteiger partial charge in [0.2, 0.25) is 0 Å². The highest BCUT2D eigenvalue weighted by atomic mass is 15.5. The Bertz CT molecular complexity index is 726. The highest BCUT2D eigenvalue weighted by Gasteiger charge is 2.37. The molecule has 2 aromatic heterocycles. The zero-order chi connectivity index (χ0) is 22.3. The molecule has 0 amide bonds. The molecule has 0 aliphatic carbocycles. The summed E-state index contributed by atoms with van der Waals surface area (Å²) in [6, 6.07) is 0. The topological polar surface area (TPSA) is 61.4 Å². The molecule has 2 aromatic rings. The molecule has 28 heavy (non-hydrogen) atoms. The largest absolute Gasteiger partial charge is 0.243 e. The molecule has 0 N–H and O–H groups in total. The first kappa shape index (κ1) is 24.3. The van der Waals surface area contributed by atoms with Crippen LogP contribution < -0.4 is 0 Å². The molecule has 0 saturated heterocycles. The fraction of sp³-hybridized carbons (Fsp3) is 0.818. The monoisotopic (exact) mass is 390 g/mol. The average molecular weight is 391 g/mol. The lowest BCUT2D eigenvalue weighted by Crippen LogP contribution is -2.41. The van der Waals surface area contributed by atoms with E-state index < -0.39 is 0 Å². The summed E-state index contributed by atoms with van der Waals surface area (Å²) < 4.78 is 4.06. The summed E-state index contributed by atoms with van der Waals surface area (Å²) in [6.07, 6.45) is 0. The van der Waals surface area contributed by atoms with E-state index in [-0.39, 0.29) is 21.9 Å². The summed E-state index contributed by atoms with van der Waals surface area (Å²) in [7, 11) is 0. The maximum atomic E-state index is 4.22. The van der Waals surface area contributed by atoms with Gasteiger partial charge >= 0.3 is 0 Å². The Kier molecular flexibility index (Phi) is 6.60. The molecule has 0 radical (unpaired) electrons. The molecule has 2 heterocycles. The minimum atomic E-state index is -0.0155. The van der Waals surface area contributed by atoms with Gasteiger partial charge in [-0.3, -0.25) is 0 Å². The van der Waals surface area contributed by atoms with E-state index in [1.807, 2.05) is 23.2 Å². The second-order valence-electron chi connectivity index (χ2n) is 11.0. The van der Waals surface area contributed by atoms with Crippen molar-refractivity contribution < 1.29 is 0 Å². The summed E-state index contributed by atoms with van der Waals surface area (Å²) in [5.74, 6) is 0. The maximum Gasteiger partial charge on any atom is 0.0825 e. The molecular weight excluding hydrogens is 348 g/mol. The van der Waals surface area contributed by atoms with Crippen LogP contribution in [0, 0.1) is 38.5 Å². The lowest BCUT2D eigenvalue weighted by molar-refractivity contribution is 0.119. The Morgan fingerprint density at radius 3 is 0.893 bits per heavy atom. The SMILES string of the molecule is Cc1nnn(C(C)(C)C(C)(C)C)c1C.Cc1nnn(C(C)(C)C(C)(C)C)c1C. The van der Waals surface area contributed by atoms with E-state index in [9.17, 15) is 0 Å². The van der Waals surface area contributed by atoms with Crippen molar-refractivity contribution in [2.75, 3.05) is 0 Å². The van der Waals surface area contributed by atoms with E-state index >= 15 is 0 Å². The molecular formula is C22H42N6. The third-order valence-corrected chi connectivity index (χ3v) is 6.98. The minimum absolute atomic E-state index is 0.0155. The van der Waals surface area contributed by atoms with Crippen molar-refractivity contribution in [2.24, 2.45) is 10.8 Å². The van der Waals surface area contributed by atoms with Gasteiger partial charge in [0.15, 0.2) is 0 Å². The van der Waals surface area contributed by atoms with Crippen LogP contribution in [-0.2, 0) is 11.1 Å². The van der Waals surface area contributed by atoms with Gasteiger partial charge in [-0.2, -0.15) is 0 Å². The van der Waals surface area contributed by atoms with Gasteiger partial charge in [-0.1, -0.05) is 52.0 Å². The molecule has 0 saturated carbocycles. The number of rotatable bonds is 2. The molecule has 160 valence electrons. The van der Waals surface area contributed by atoms with Crippen LogP contribution in [0.1, 0.15) is 92.0 Å². The van der Waals surface area contributed by atoms with Crippen LogP contribution in [0.2, 0.25) is 0 Å². The smallest absolute Gasteiger partial charge is 0.0825 e. The lowest BCUT2D eigenvalue weighted by Gasteiger charge is -2.39. The lowest BCUT2D eigenvalue weighted by atomic mass is 9.76. The van der Waals surface area contributed by atoms with Gasteiger partial charge in [0.05, 0.1) is 33.9 Å². The molecule has 0 atom stereocenters. The Balaban J connectivity index is 0.000000280. The molecule has 0 bridgehead atoms. The standard InChI is InChI=1S/2C11H21N3/c2*1-8-9(2)14(13-12-8)11(6,7)10(3,4)5/h2*1-7H3. The van der Waals surface area contributed by atoms with E-state index in [1.165, 1.54) is 0 Å². The van der Waals surface area contributed by atoms with Gasteiger partial charge in [0.25, 0.3) is 0 Å². The zero-order valence-electron chi connectivity index (χ0n) is 20.7. The first-order valence-electron chi connectivity index (χ1n) is 10.1. The summed E-state index contributed by atoms with van der Waals surface area (Å²) >= 11 is 0. The molecule has 0 aliphatic rings. The van der Waals surface area contributed by atoms with E-state index in [4.69, 9.17) is 0 Å².